The molecule has 1 aromatic rings. The zero-order valence-corrected chi connectivity index (χ0v) is 6.33. The smallest absolute Gasteiger partial charge is 0.269 e. The fourth-order valence-corrected chi connectivity index (χ4v) is 1.54. The molecule has 0 radical (unpaired) electrons. The topological polar surface area (TPSA) is 12.9 Å². The molecule has 0 bridgehead atoms. The molecular weight excluding hydrogens is 109 g/mol. The lowest BCUT2D eigenvalue weighted by Crippen LogP contribution is -1.98. The number of aromatic nitrogens is 1. The average Bonchev–Trinajstić information content (AvgIpc) is 1.86. The first-order valence-electron chi connectivity index (χ1n) is 1.74. The van der Waals surface area contributed by atoms with E-state index in [0.29, 0.717) is 0 Å². The molecule has 1 aromatic heterocycles. The van der Waals surface area contributed by atoms with Crippen molar-refractivity contribution in [3.05, 3.63) is 10.9 Å². The molecule has 0 aliphatic carbocycles. The maximum Gasteiger partial charge on any atom is 0.291 e. The zero-order valence-electron chi connectivity index (χ0n) is 3.51. The summed E-state index contributed by atoms with van der Waals surface area (Å²) in [6, 6.07) is 0. The Morgan fingerprint density at radius 2 is 2.67 bits per heavy atom. The molecule has 1 heterocycles. The van der Waals surface area contributed by atoms with Gasteiger partial charge in [-0.1, -0.05) is 0 Å². The molecule has 30 valence electrons. The van der Waals surface area contributed by atoms with E-state index in [9.17, 15) is 0 Å². The van der Waals surface area contributed by atoms with Crippen LogP contribution >= 0.6 is 11.3 Å². The average molecular weight is 113 g/mol. The molecule has 0 saturated carbocycles. The molecule has 0 spiro atoms. The normalized spacial score (nSPS) is 8.67. The van der Waals surface area contributed by atoms with Gasteiger partial charge in [0.2, 0.25) is 0 Å². The highest BCUT2D eigenvalue weighted by atomic mass is 32.1. The van der Waals surface area contributed by atoms with E-state index in [1.807, 2.05) is 5.51 Å². The van der Waals surface area contributed by atoms with Crippen LogP contribution in [0.2, 0.25) is 0 Å². The Balaban J connectivity index is 3.05. The summed E-state index contributed by atoms with van der Waals surface area (Å²) >= 11 is 2.76. The summed E-state index contributed by atoms with van der Waals surface area (Å²) in [6.45, 7) is 0. The fourth-order valence-electron chi connectivity index (χ4n) is 0.273. The van der Waals surface area contributed by atoms with Crippen molar-refractivity contribution in [1.29, 1.82) is 0 Å². The SMILES string of the molecule is [AlH2][c]1cscn1. The first-order valence-corrected chi connectivity index (χ1v) is 3.68. The van der Waals surface area contributed by atoms with Crippen LogP contribution in [0.4, 0.5) is 0 Å². The first kappa shape index (κ1) is 4.32. The molecule has 1 nitrogen and oxygen atoms in total. The predicted octanol–water partition coefficient (Wildman–Crippen LogP) is -0.599. The number of hydrogen-bond acceptors (Lipinski definition) is 2. The molecule has 6 heavy (non-hydrogen) atoms. The van der Waals surface area contributed by atoms with Gasteiger partial charge in [-0.25, -0.2) is 0 Å². The molecule has 0 N–H and O–H groups in total. The summed E-state index contributed by atoms with van der Waals surface area (Å²) in [7, 11) is 0. The van der Waals surface area contributed by atoms with Crippen LogP contribution in [0.1, 0.15) is 0 Å². The van der Waals surface area contributed by atoms with Crippen molar-refractivity contribution in [2.45, 2.75) is 0 Å². The van der Waals surface area contributed by atoms with Crippen molar-refractivity contribution in [3.8, 4) is 0 Å². The Morgan fingerprint density at radius 1 is 1.83 bits per heavy atom. The summed E-state index contributed by atoms with van der Waals surface area (Å²) in [4.78, 5) is 4.00. The predicted molar refractivity (Wildman–Crippen MR) is 30.3 cm³/mol. The minimum Gasteiger partial charge on any atom is -0.269 e. The second-order valence-corrected chi connectivity index (χ2v) is 2.87. The Kier molecular flexibility index (Phi) is 1.26. The molecule has 3 heteroatoms. The Morgan fingerprint density at radius 3 is 2.83 bits per heavy atom. The van der Waals surface area contributed by atoms with Gasteiger partial charge in [0.15, 0.2) is 0 Å². The van der Waals surface area contributed by atoms with E-state index >= 15 is 0 Å². The molecule has 0 atom stereocenters. The van der Waals surface area contributed by atoms with Crippen LogP contribution in [0.25, 0.3) is 0 Å². The third-order valence-corrected chi connectivity index (χ3v) is 2.23. The molecule has 0 aliphatic rings. The third kappa shape index (κ3) is 0.811. The van der Waals surface area contributed by atoms with Crippen molar-refractivity contribution in [3.63, 3.8) is 0 Å². The van der Waals surface area contributed by atoms with Gasteiger partial charge in [-0.15, -0.1) is 11.3 Å². The van der Waals surface area contributed by atoms with E-state index in [2.05, 4.69) is 10.4 Å². The van der Waals surface area contributed by atoms with E-state index in [1.54, 1.807) is 11.3 Å². The maximum absolute atomic E-state index is 4.00. The van der Waals surface area contributed by atoms with Crippen LogP contribution in [0, 0.1) is 0 Å². The van der Waals surface area contributed by atoms with Crippen molar-refractivity contribution in [2.75, 3.05) is 0 Å². The number of thiazole rings is 1. The highest BCUT2D eigenvalue weighted by Gasteiger charge is 1.76. The van der Waals surface area contributed by atoms with Crippen LogP contribution in [-0.4, -0.2) is 21.3 Å². The molecule has 1 rings (SSSR count). The third-order valence-electron chi connectivity index (χ3n) is 0.556. The van der Waals surface area contributed by atoms with Gasteiger partial charge in [0.1, 0.15) is 0 Å². The summed E-state index contributed by atoms with van der Waals surface area (Å²) in [5, 5.41) is 2.08. The van der Waals surface area contributed by atoms with Crippen LogP contribution in [0.3, 0.4) is 0 Å². The van der Waals surface area contributed by atoms with Gasteiger partial charge in [-0.2, -0.15) is 0 Å². The number of nitrogens with zero attached hydrogens (tertiary/aromatic N) is 1. The minimum atomic E-state index is 1.10. The summed E-state index contributed by atoms with van der Waals surface area (Å²) < 4.78 is 1.25. The second kappa shape index (κ2) is 1.74. The van der Waals surface area contributed by atoms with E-state index in [1.165, 1.54) is 4.56 Å². The van der Waals surface area contributed by atoms with Crippen LogP contribution in [-0.2, 0) is 0 Å². The molecule has 0 amide bonds. The van der Waals surface area contributed by atoms with E-state index in [-0.39, 0.29) is 0 Å². The quantitative estimate of drug-likeness (QED) is 0.409. The Labute approximate surface area is 48.5 Å². The lowest BCUT2D eigenvalue weighted by Gasteiger charge is -1.64. The lowest BCUT2D eigenvalue weighted by atomic mass is 11.0. The summed E-state index contributed by atoms with van der Waals surface area (Å²) in [6.07, 6.45) is 0. The second-order valence-electron chi connectivity index (χ2n) is 1.13. The molecule has 0 unspecified atom stereocenters. The van der Waals surface area contributed by atoms with E-state index < -0.39 is 0 Å². The van der Waals surface area contributed by atoms with Gasteiger partial charge >= 0.3 is 0 Å². The summed E-state index contributed by atoms with van der Waals surface area (Å²) in [5.74, 6) is 0. The highest BCUT2D eigenvalue weighted by Crippen LogP contribution is 1.82. The number of rotatable bonds is 0. The number of hydrogen-bond donors (Lipinski definition) is 0. The fraction of sp³-hybridized carbons (Fsp3) is 0. The molecule has 0 saturated heterocycles. The Bertz CT molecular complexity index is 114. The van der Waals surface area contributed by atoms with Crippen molar-refractivity contribution in [2.24, 2.45) is 0 Å². The van der Waals surface area contributed by atoms with Gasteiger partial charge in [0, 0.05) is 0 Å². The monoisotopic (exact) mass is 113 g/mol. The molecular formula is C3H4AlNS. The Hall–Kier alpha value is 0.162. The molecule has 0 aromatic carbocycles. The highest BCUT2D eigenvalue weighted by molar-refractivity contribution is 7.08. The lowest BCUT2D eigenvalue weighted by molar-refractivity contribution is 1.49. The van der Waals surface area contributed by atoms with Gasteiger partial charge in [0.25, 0.3) is 16.3 Å². The van der Waals surface area contributed by atoms with Crippen LogP contribution in [0.5, 0.6) is 0 Å². The van der Waals surface area contributed by atoms with Crippen LogP contribution in [0.15, 0.2) is 10.9 Å². The van der Waals surface area contributed by atoms with Crippen molar-refractivity contribution < 1.29 is 0 Å². The van der Waals surface area contributed by atoms with Gasteiger partial charge in [0.05, 0.1) is 5.51 Å². The zero-order chi connectivity index (χ0) is 4.41. The van der Waals surface area contributed by atoms with Gasteiger partial charge in [-0.05, 0) is 9.94 Å². The maximum atomic E-state index is 4.00. The largest absolute Gasteiger partial charge is 0.291 e. The molecule has 0 aliphatic heterocycles. The minimum absolute atomic E-state index is 1.10. The van der Waals surface area contributed by atoms with Gasteiger partial charge < -0.3 is 0 Å². The summed E-state index contributed by atoms with van der Waals surface area (Å²) in [5.41, 5.74) is 1.86. The van der Waals surface area contributed by atoms with Gasteiger partial charge in [-0.3, -0.25) is 4.98 Å². The van der Waals surface area contributed by atoms with Crippen molar-refractivity contribution in [1.82, 2.24) is 4.98 Å². The first-order chi connectivity index (χ1) is 2.89. The van der Waals surface area contributed by atoms with Crippen LogP contribution < -0.4 is 4.56 Å². The van der Waals surface area contributed by atoms with Crippen molar-refractivity contribution >= 4 is 32.2 Å². The standard InChI is InChI=1S/C3H2NS.Al.2H/c1-2-5-3-4-1;;;/h2-3H;;;. The molecule has 0 fully saturated rings. The van der Waals surface area contributed by atoms with E-state index in [0.717, 1.165) is 16.3 Å². The van der Waals surface area contributed by atoms with E-state index in [4.69, 9.17) is 0 Å².